The molecular formula is C25H24BrNO4. The van der Waals surface area contributed by atoms with Crippen molar-refractivity contribution in [1.82, 2.24) is 4.90 Å². The van der Waals surface area contributed by atoms with Gasteiger partial charge in [-0.05, 0) is 46.0 Å². The van der Waals surface area contributed by atoms with Gasteiger partial charge in [-0.15, -0.1) is 0 Å². The number of rotatable bonds is 6. The molecule has 0 fully saturated rings. The van der Waals surface area contributed by atoms with Gasteiger partial charge in [0, 0.05) is 17.4 Å². The molecule has 0 aliphatic heterocycles. The maximum Gasteiger partial charge on any atom is 0.410 e. The minimum Gasteiger partial charge on any atom is -0.497 e. The van der Waals surface area contributed by atoms with Crippen LogP contribution in [0, 0.1) is 0 Å². The van der Waals surface area contributed by atoms with E-state index in [1.54, 1.807) is 20.2 Å². The lowest BCUT2D eigenvalue weighted by Crippen LogP contribution is -2.34. The van der Waals surface area contributed by atoms with Gasteiger partial charge in [0.25, 0.3) is 0 Å². The standard InChI is InChI=1S/C25H24BrNO4/c1-27(24(14-28)21-13-16(30-2)11-12-23(21)26)25(29)31-15-22-19-9-5-3-7-17(19)18-8-4-6-10-20(18)22/h3-13,22,24,28H,14-15H2,1-2H3. The van der Waals surface area contributed by atoms with Crippen molar-refractivity contribution in [3.63, 3.8) is 0 Å². The van der Waals surface area contributed by atoms with Crippen LogP contribution < -0.4 is 4.74 Å². The number of hydrogen-bond acceptors (Lipinski definition) is 4. The second-order valence-corrected chi connectivity index (χ2v) is 8.36. The van der Waals surface area contributed by atoms with Crippen LogP contribution >= 0.6 is 15.9 Å². The van der Waals surface area contributed by atoms with E-state index in [1.807, 2.05) is 36.4 Å². The summed E-state index contributed by atoms with van der Waals surface area (Å²) in [6.07, 6.45) is -0.490. The van der Waals surface area contributed by atoms with Crippen LogP contribution in [0.25, 0.3) is 11.1 Å². The Morgan fingerprint density at radius 3 is 2.26 bits per heavy atom. The third-order valence-electron chi connectivity index (χ3n) is 5.83. The average Bonchev–Trinajstić information content (AvgIpc) is 3.12. The molecule has 0 aromatic heterocycles. The third-order valence-corrected chi connectivity index (χ3v) is 6.55. The minimum atomic E-state index is -0.569. The van der Waals surface area contributed by atoms with Crippen molar-refractivity contribution in [3.8, 4) is 16.9 Å². The van der Waals surface area contributed by atoms with Crippen LogP contribution in [0.3, 0.4) is 0 Å². The van der Waals surface area contributed by atoms with E-state index in [1.165, 1.54) is 16.0 Å². The van der Waals surface area contributed by atoms with Crippen LogP contribution in [0.5, 0.6) is 5.75 Å². The Balaban J connectivity index is 1.52. The van der Waals surface area contributed by atoms with Gasteiger partial charge in [-0.3, -0.25) is 0 Å². The number of aliphatic hydroxyl groups excluding tert-OH is 1. The minimum absolute atomic E-state index is 0.0131. The van der Waals surface area contributed by atoms with Gasteiger partial charge in [0.15, 0.2) is 0 Å². The van der Waals surface area contributed by atoms with Crippen LogP contribution in [0.15, 0.2) is 71.2 Å². The Morgan fingerprint density at radius 2 is 1.68 bits per heavy atom. The van der Waals surface area contributed by atoms with E-state index in [9.17, 15) is 9.90 Å². The Hall–Kier alpha value is -2.83. The number of fused-ring (bicyclic) bond motifs is 3. The van der Waals surface area contributed by atoms with E-state index in [2.05, 4.69) is 40.2 Å². The molecule has 1 atom stereocenters. The highest BCUT2D eigenvalue weighted by Gasteiger charge is 2.30. The number of carbonyl (C=O) groups excluding carboxylic acids is 1. The van der Waals surface area contributed by atoms with Gasteiger partial charge < -0.3 is 19.5 Å². The summed E-state index contributed by atoms with van der Waals surface area (Å²) in [6, 6.07) is 21.3. The molecule has 0 heterocycles. The number of amides is 1. The molecule has 1 aliphatic rings. The normalized spacial score (nSPS) is 13.3. The first-order valence-electron chi connectivity index (χ1n) is 10.1. The Bertz CT molecular complexity index is 1050. The number of ether oxygens (including phenoxy) is 2. The molecule has 160 valence electrons. The van der Waals surface area contributed by atoms with E-state index >= 15 is 0 Å². The van der Waals surface area contributed by atoms with Gasteiger partial charge in [-0.25, -0.2) is 4.79 Å². The lowest BCUT2D eigenvalue weighted by Gasteiger charge is -2.28. The number of aliphatic hydroxyl groups is 1. The largest absolute Gasteiger partial charge is 0.497 e. The number of nitrogens with zero attached hydrogens (tertiary/aromatic N) is 1. The molecule has 3 aromatic rings. The number of benzene rings is 3. The van der Waals surface area contributed by atoms with Gasteiger partial charge >= 0.3 is 6.09 Å². The summed E-state index contributed by atoms with van der Waals surface area (Å²) in [4.78, 5) is 14.3. The molecule has 0 saturated carbocycles. The van der Waals surface area contributed by atoms with E-state index < -0.39 is 12.1 Å². The highest BCUT2D eigenvalue weighted by molar-refractivity contribution is 9.10. The van der Waals surface area contributed by atoms with Crippen molar-refractivity contribution < 1.29 is 19.4 Å². The van der Waals surface area contributed by atoms with Gasteiger partial charge in [-0.1, -0.05) is 64.5 Å². The van der Waals surface area contributed by atoms with Crippen molar-refractivity contribution in [2.45, 2.75) is 12.0 Å². The summed E-state index contributed by atoms with van der Waals surface area (Å²) in [5.74, 6) is 0.637. The topological polar surface area (TPSA) is 59.0 Å². The Labute approximate surface area is 190 Å². The number of likely N-dealkylation sites (N-methyl/N-ethyl adjacent to an activating group) is 1. The SMILES string of the molecule is COc1ccc(Br)c(C(CO)N(C)C(=O)OCC2c3ccccc3-c3ccccc32)c1. The fourth-order valence-electron chi connectivity index (χ4n) is 4.16. The number of halogens is 1. The first-order chi connectivity index (χ1) is 15.0. The summed E-state index contributed by atoms with van der Waals surface area (Å²) in [7, 11) is 3.21. The summed E-state index contributed by atoms with van der Waals surface area (Å²) < 4.78 is 11.8. The molecule has 1 N–H and O–H groups in total. The van der Waals surface area contributed by atoms with Crippen LogP contribution in [-0.4, -0.2) is 43.5 Å². The second-order valence-electron chi connectivity index (χ2n) is 7.50. The number of hydrogen-bond donors (Lipinski definition) is 1. The molecular weight excluding hydrogens is 458 g/mol. The molecule has 31 heavy (non-hydrogen) atoms. The van der Waals surface area contributed by atoms with Gasteiger partial charge in [0.1, 0.15) is 12.4 Å². The monoisotopic (exact) mass is 481 g/mol. The summed E-state index contributed by atoms with van der Waals surface area (Å²) >= 11 is 3.50. The molecule has 0 radical (unpaired) electrons. The first-order valence-corrected chi connectivity index (χ1v) is 10.9. The van der Waals surface area contributed by atoms with Crippen molar-refractivity contribution in [1.29, 1.82) is 0 Å². The van der Waals surface area contributed by atoms with Crippen LogP contribution in [0.1, 0.15) is 28.7 Å². The smallest absolute Gasteiger partial charge is 0.410 e. The molecule has 3 aromatic carbocycles. The molecule has 1 aliphatic carbocycles. The third kappa shape index (κ3) is 4.05. The predicted molar refractivity (Wildman–Crippen MR) is 123 cm³/mol. The van der Waals surface area contributed by atoms with Gasteiger partial charge in [0.2, 0.25) is 0 Å². The lowest BCUT2D eigenvalue weighted by molar-refractivity contribution is 0.0787. The summed E-state index contributed by atoms with van der Waals surface area (Å²) in [5, 5.41) is 10.0. The highest BCUT2D eigenvalue weighted by atomic mass is 79.9. The highest BCUT2D eigenvalue weighted by Crippen LogP contribution is 2.44. The van der Waals surface area contributed by atoms with Crippen molar-refractivity contribution >= 4 is 22.0 Å². The number of carbonyl (C=O) groups is 1. The summed E-state index contributed by atoms with van der Waals surface area (Å²) in [6.45, 7) is -0.0128. The Morgan fingerprint density at radius 1 is 1.06 bits per heavy atom. The molecule has 0 spiro atoms. The van der Waals surface area contributed by atoms with Crippen molar-refractivity contribution in [3.05, 3.63) is 87.9 Å². The lowest BCUT2D eigenvalue weighted by atomic mass is 9.98. The summed E-state index contributed by atoms with van der Waals surface area (Å²) in [5.41, 5.74) is 5.43. The van der Waals surface area contributed by atoms with Crippen molar-refractivity contribution in [2.24, 2.45) is 0 Å². The van der Waals surface area contributed by atoms with E-state index in [0.717, 1.165) is 21.2 Å². The molecule has 5 nitrogen and oxygen atoms in total. The van der Waals surface area contributed by atoms with E-state index in [4.69, 9.17) is 9.47 Å². The maximum absolute atomic E-state index is 12.9. The van der Waals surface area contributed by atoms with E-state index in [-0.39, 0.29) is 19.1 Å². The maximum atomic E-state index is 12.9. The zero-order valence-electron chi connectivity index (χ0n) is 17.4. The molecule has 0 saturated heterocycles. The van der Waals surface area contributed by atoms with Crippen LogP contribution in [0.4, 0.5) is 4.79 Å². The van der Waals surface area contributed by atoms with E-state index in [0.29, 0.717) is 5.75 Å². The zero-order valence-corrected chi connectivity index (χ0v) is 19.0. The van der Waals surface area contributed by atoms with Crippen LogP contribution in [0.2, 0.25) is 0 Å². The fraction of sp³-hybridized carbons (Fsp3) is 0.240. The number of methoxy groups -OCH3 is 1. The molecule has 6 heteroatoms. The first kappa shape index (κ1) is 21.4. The average molecular weight is 482 g/mol. The second kappa shape index (κ2) is 9.12. The quantitative estimate of drug-likeness (QED) is 0.513. The Kier molecular flexibility index (Phi) is 6.30. The molecule has 0 bridgehead atoms. The fourth-order valence-corrected chi connectivity index (χ4v) is 4.67. The molecule has 1 unspecified atom stereocenters. The van der Waals surface area contributed by atoms with Gasteiger partial charge in [-0.2, -0.15) is 0 Å². The zero-order chi connectivity index (χ0) is 22.0. The molecule has 1 amide bonds. The predicted octanol–water partition coefficient (Wildman–Crippen LogP) is 5.37. The molecule has 4 rings (SSSR count). The van der Waals surface area contributed by atoms with Crippen molar-refractivity contribution in [2.75, 3.05) is 27.4 Å². The van der Waals surface area contributed by atoms with Gasteiger partial charge in [0.05, 0.1) is 19.8 Å². The van der Waals surface area contributed by atoms with Crippen LogP contribution in [-0.2, 0) is 4.74 Å².